The number of benzene rings is 1. The fourth-order valence-electron chi connectivity index (χ4n) is 1.29. The summed E-state index contributed by atoms with van der Waals surface area (Å²) in [5, 5.41) is 14.1. The number of carboxylic acids is 1. The van der Waals surface area contributed by atoms with Gasteiger partial charge in [0.15, 0.2) is 0 Å². The molecule has 0 heterocycles. The van der Waals surface area contributed by atoms with E-state index < -0.39 is 17.4 Å². The van der Waals surface area contributed by atoms with E-state index in [9.17, 15) is 9.59 Å². The lowest BCUT2D eigenvalue weighted by atomic mass is 9.94. The summed E-state index contributed by atoms with van der Waals surface area (Å²) in [5.41, 5.74) is -0.492. The molecule has 0 unspecified atom stereocenters. The number of amides is 2. The van der Waals surface area contributed by atoms with Gasteiger partial charge in [0.05, 0.1) is 18.2 Å². The molecule has 104 valence electrons. The molecule has 0 saturated carbocycles. The monoisotopic (exact) mass is 266 g/mol. The first-order valence-electron chi connectivity index (χ1n) is 5.78. The van der Waals surface area contributed by atoms with E-state index >= 15 is 0 Å². The van der Waals surface area contributed by atoms with E-state index in [4.69, 9.17) is 9.84 Å². The number of hydrogen-bond donors (Lipinski definition) is 3. The van der Waals surface area contributed by atoms with Crippen molar-refractivity contribution in [2.24, 2.45) is 5.41 Å². The highest BCUT2D eigenvalue weighted by molar-refractivity contribution is 5.91. The van der Waals surface area contributed by atoms with Gasteiger partial charge < -0.3 is 20.5 Å². The van der Waals surface area contributed by atoms with Crippen LogP contribution in [0.4, 0.5) is 10.5 Å². The third-order valence-electron chi connectivity index (χ3n) is 2.63. The Bertz CT molecular complexity index is 471. The molecular formula is C13H18N2O4. The molecular weight excluding hydrogens is 248 g/mol. The van der Waals surface area contributed by atoms with Gasteiger partial charge in [-0.05, 0) is 26.0 Å². The number of ether oxygens (including phenoxy) is 1. The first-order valence-corrected chi connectivity index (χ1v) is 5.78. The van der Waals surface area contributed by atoms with Crippen molar-refractivity contribution in [2.45, 2.75) is 13.8 Å². The molecule has 0 bridgehead atoms. The molecule has 0 aliphatic carbocycles. The van der Waals surface area contributed by atoms with Crippen LogP contribution in [0, 0.1) is 5.41 Å². The van der Waals surface area contributed by atoms with Crippen molar-refractivity contribution in [1.82, 2.24) is 5.32 Å². The lowest BCUT2D eigenvalue weighted by molar-refractivity contribution is -0.146. The van der Waals surface area contributed by atoms with Gasteiger partial charge in [-0.2, -0.15) is 0 Å². The van der Waals surface area contributed by atoms with Crippen LogP contribution in [0.2, 0.25) is 0 Å². The Morgan fingerprint density at radius 2 is 1.95 bits per heavy atom. The molecule has 0 saturated heterocycles. The maximum atomic E-state index is 11.7. The number of carboxylic acid groups (broad SMARTS) is 1. The summed E-state index contributed by atoms with van der Waals surface area (Å²) >= 11 is 0. The minimum Gasteiger partial charge on any atom is -0.495 e. The summed E-state index contributed by atoms with van der Waals surface area (Å²) in [7, 11) is 1.51. The highest BCUT2D eigenvalue weighted by Gasteiger charge is 2.27. The van der Waals surface area contributed by atoms with E-state index in [1.807, 2.05) is 0 Å². The molecule has 1 rings (SSSR count). The molecule has 2 amide bonds. The minimum atomic E-state index is -1.02. The van der Waals surface area contributed by atoms with Crippen molar-refractivity contribution in [1.29, 1.82) is 0 Å². The quantitative estimate of drug-likeness (QED) is 0.759. The molecule has 0 spiro atoms. The summed E-state index contributed by atoms with van der Waals surface area (Å²) < 4.78 is 5.09. The number of methoxy groups -OCH3 is 1. The third kappa shape index (κ3) is 4.17. The van der Waals surface area contributed by atoms with E-state index in [2.05, 4.69) is 10.6 Å². The van der Waals surface area contributed by atoms with Gasteiger partial charge in [0, 0.05) is 6.54 Å². The van der Waals surface area contributed by atoms with Gasteiger partial charge in [-0.1, -0.05) is 12.1 Å². The third-order valence-corrected chi connectivity index (χ3v) is 2.63. The minimum absolute atomic E-state index is 0.0311. The first kappa shape index (κ1) is 14.8. The van der Waals surface area contributed by atoms with E-state index in [-0.39, 0.29) is 6.54 Å². The van der Waals surface area contributed by atoms with Crippen LogP contribution in [-0.4, -0.2) is 30.8 Å². The topological polar surface area (TPSA) is 87.7 Å². The molecule has 0 aliphatic rings. The van der Waals surface area contributed by atoms with Gasteiger partial charge >= 0.3 is 12.0 Å². The average molecular weight is 266 g/mol. The lowest BCUT2D eigenvalue weighted by Crippen LogP contribution is -2.40. The number of hydrogen-bond acceptors (Lipinski definition) is 3. The van der Waals surface area contributed by atoms with Gasteiger partial charge in [-0.3, -0.25) is 4.79 Å². The second-order valence-corrected chi connectivity index (χ2v) is 4.70. The van der Waals surface area contributed by atoms with Crippen LogP contribution >= 0.6 is 0 Å². The SMILES string of the molecule is COc1ccccc1NC(=O)NCC(C)(C)C(=O)O. The number of urea groups is 1. The van der Waals surface area contributed by atoms with Gasteiger partial charge in [-0.25, -0.2) is 4.79 Å². The Morgan fingerprint density at radius 3 is 2.53 bits per heavy atom. The number of aliphatic carboxylic acids is 1. The zero-order chi connectivity index (χ0) is 14.5. The fourth-order valence-corrected chi connectivity index (χ4v) is 1.29. The van der Waals surface area contributed by atoms with Crippen LogP contribution < -0.4 is 15.4 Å². The number of carbonyl (C=O) groups excluding carboxylic acids is 1. The Balaban J connectivity index is 2.59. The van der Waals surface area contributed by atoms with Gasteiger partial charge in [-0.15, -0.1) is 0 Å². The molecule has 3 N–H and O–H groups in total. The molecule has 6 heteroatoms. The molecule has 1 aromatic carbocycles. The van der Waals surface area contributed by atoms with Crippen LogP contribution in [0.5, 0.6) is 5.75 Å². The van der Waals surface area contributed by atoms with E-state index in [0.717, 1.165) is 0 Å². The van der Waals surface area contributed by atoms with Crippen molar-refractivity contribution in [3.8, 4) is 5.75 Å². The predicted molar refractivity (Wildman–Crippen MR) is 71.4 cm³/mol. The van der Waals surface area contributed by atoms with Crippen molar-refractivity contribution >= 4 is 17.7 Å². The van der Waals surface area contributed by atoms with Crippen molar-refractivity contribution < 1.29 is 19.4 Å². The number of carbonyl (C=O) groups is 2. The maximum Gasteiger partial charge on any atom is 0.319 e. The van der Waals surface area contributed by atoms with Gasteiger partial charge in [0.25, 0.3) is 0 Å². The summed E-state index contributed by atoms with van der Waals surface area (Å²) in [4.78, 5) is 22.6. The first-order chi connectivity index (χ1) is 8.86. The second-order valence-electron chi connectivity index (χ2n) is 4.70. The number of para-hydroxylation sites is 2. The molecule has 6 nitrogen and oxygen atoms in total. The Hall–Kier alpha value is -2.24. The van der Waals surface area contributed by atoms with Gasteiger partial charge in [0.2, 0.25) is 0 Å². The van der Waals surface area contributed by atoms with Crippen LogP contribution in [0.3, 0.4) is 0 Å². The van der Waals surface area contributed by atoms with Crippen LogP contribution in [0.1, 0.15) is 13.8 Å². The molecule has 0 aliphatic heterocycles. The molecule has 0 radical (unpaired) electrons. The summed E-state index contributed by atoms with van der Waals surface area (Å²) in [6.07, 6.45) is 0. The van der Waals surface area contributed by atoms with Crippen LogP contribution in [0.25, 0.3) is 0 Å². The fraction of sp³-hybridized carbons (Fsp3) is 0.385. The highest BCUT2D eigenvalue weighted by Crippen LogP contribution is 2.22. The summed E-state index contributed by atoms with van der Waals surface area (Å²) in [5.74, 6) is -0.430. The Kier molecular flexibility index (Phi) is 4.74. The number of anilines is 1. The largest absolute Gasteiger partial charge is 0.495 e. The summed E-state index contributed by atoms with van der Waals surface area (Å²) in [6, 6.07) is 6.49. The number of nitrogens with one attached hydrogen (secondary N) is 2. The molecule has 0 atom stereocenters. The average Bonchev–Trinajstić information content (AvgIpc) is 2.37. The zero-order valence-electron chi connectivity index (χ0n) is 11.2. The Morgan fingerprint density at radius 1 is 1.32 bits per heavy atom. The normalized spacial score (nSPS) is 10.7. The molecule has 19 heavy (non-hydrogen) atoms. The smallest absolute Gasteiger partial charge is 0.319 e. The number of rotatable bonds is 5. The molecule has 0 fully saturated rings. The Labute approximate surface area is 111 Å². The lowest BCUT2D eigenvalue weighted by Gasteiger charge is -2.19. The highest BCUT2D eigenvalue weighted by atomic mass is 16.5. The standard InChI is InChI=1S/C13H18N2O4/c1-13(2,11(16)17)8-14-12(18)15-9-6-4-5-7-10(9)19-3/h4-7H,8H2,1-3H3,(H,16,17)(H2,14,15,18). The zero-order valence-corrected chi connectivity index (χ0v) is 11.2. The molecule has 1 aromatic rings. The summed E-state index contributed by atoms with van der Waals surface area (Å²) in [6.45, 7) is 3.11. The van der Waals surface area contributed by atoms with E-state index in [1.165, 1.54) is 7.11 Å². The van der Waals surface area contributed by atoms with Crippen LogP contribution in [-0.2, 0) is 4.79 Å². The van der Waals surface area contributed by atoms with Crippen molar-refractivity contribution in [2.75, 3.05) is 19.0 Å². The second kappa shape index (κ2) is 6.08. The van der Waals surface area contributed by atoms with Gasteiger partial charge in [0.1, 0.15) is 5.75 Å². The molecule has 0 aromatic heterocycles. The maximum absolute atomic E-state index is 11.7. The van der Waals surface area contributed by atoms with Crippen molar-refractivity contribution in [3.63, 3.8) is 0 Å². The van der Waals surface area contributed by atoms with Crippen molar-refractivity contribution in [3.05, 3.63) is 24.3 Å². The van der Waals surface area contributed by atoms with Crippen LogP contribution in [0.15, 0.2) is 24.3 Å². The predicted octanol–water partition coefficient (Wildman–Crippen LogP) is 1.93. The van der Waals surface area contributed by atoms with E-state index in [1.54, 1.807) is 38.1 Å². The van der Waals surface area contributed by atoms with E-state index in [0.29, 0.717) is 11.4 Å².